The van der Waals surface area contributed by atoms with Crippen molar-refractivity contribution in [3.63, 3.8) is 0 Å². The molecule has 1 unspecified atom stereocenters. The minimum absolute atomic E-state index is 0.176. The zero-order valence-electron chi connectivity index (χ0n) is 10.6. The molecule has 0 fully saturated rings. The van der Waals surface area contributed by atoms with Crippen LogP contribution in [0.15, 0.2) is 18.3 Å². The zero-order chi connectivity index (χ0) is 14.7. The predicted molar refractivity (Wildman–Crippen MR) is 68.7 cm³/mol. The highest BCUT2D eigenvalue weighted by Gasteiger charge is 2.33. The molecule has 0 radical (unpaired) electrons. The predicted octanol–water partition coefficient (Wildman–Crippen LogP) is 0.463. The van der Waals surface area contributed by atoms with Crippen molar-refractivity contribution in [2.45, 2.75) is 6.42 Å². The van der Waals surface area contributed by atoms with E-state index in [0.717, 1.165) is 6.08 Å². The average Bonchev–Trinajstić information content (AvgIpc) is 2.43. The van der Waals surface area contributed by atoms with Crippen LogP contribution in [0.4, 0.5) is 5.82 Å². The summed E-state index contributed by atoms with van der Waals surface area (Å²) in [5.74, 6) is -2.66. The molecule has 2 N–H and O–H groups in total. The third-order valence-electron chi connectivity index (χ3n) is 2.87. The fourth-order valence-electron chi connectivity index (χ4n) is 1.90. The monoisotopic (exact) mass is 276 g/mol. The molecule has 0 saturated heterocycles. The molecule has 7 nitrogen and oxygen atoms in total. The van der Waals surface area contributed by atoms with Gasteiger partial charge in [0.15, 0.2) is 0 Å². The molecular formula is C13H12N2O5. The van der Waals surface area contributed by atoms with Gasteiger partial charge in [0.05, 0.1) is 7.11 Å². The fourth-order valence-corrected chi connectivity index (χ4v) is 1.90. The molecule has 7 heteroatoms. The first-order valence-corrected chi connectivity index (χ1v) is 5.80. The number of nitrogens with zero attached hydrogens (tertiary/aromatic N) is 1. The van der Waals surface area contributed by atoms with Gasteiger partial charge in [-0.1, -0.05) is 0 Å². The number of carbonyl (C=O) groups is 3. The molecule has 0 aromatic carbocycles. The van der Waals surface area contributed by atoms with E-state index in [9.17, 15) is 14.4 Å². The van der Waals surface area contributed by atoms with E-state index in [0.29, 0.717) is 16.9 Å². The van der Waals surface area contributed by atoms with Gasteiger partial charge in [-0.15, -0.1) is 0 Å². The van der Waals surface area contributed by atoms with E-state index in [1.807, 2.05) is 0 Å². The Kier molecular flexibility index (Phi) is 3.79. The number of esters is 1. The Morgan fingerprint density at radius 2 is 2.30 bits per heavy atom. The van der Waals surface area contributed by atoms with Gasteiger partial charge in [0.2, 0.25) is 5.91 Å². The van der Waals surface area contributed by atoms with Gasteiger partial charge < -0.3 is 15.2 Å². The van der Waals surface area contributed by atoms with Gasteiger partial charge in [-0.25, -0.2) is 9.78 Å². The lowest BCUT2D eigenvalue weighted by Gasteiger charge is -2.22. The normalized spacial score (nSPS) is 17.4. The maximum atomic E-state index is 11.7. The van der Waals surface area contributed by atoms with E-state index in [1.165, 1.54) is 19.4 Å². The maximum Gasteiger partial charge on any atom is 0.328 e. The third-order valence-corrected chi connectivity index (χ3v) is 2.87. The Morgan fingerprint density at radius 3 is 2.95 bits per heavy atom. The number of nitrogens with one attached hydrogen (secondary N) is 1. The van der Waals surface area contributed by atoms with Gasteiger partial charge in [-0.05, 0) is 29.7 Å². The number of hydrogen-bond donors (Lipinski definition) is 2. The molecule has 1 atom stereocenters. The number of ether oxygens (including phenoxy) is 1. The number of aliphatic carboxylic acids is 1. The topological polar surface area (TPSA) is 106 Å². The number of rotatable bonds is 3. The largest absolute Gasteiger partial charge is 0.478 e. The summed E-state index contributed by atoms with van der Waals surface area (Å²) in [5, 5.41) is 11.1. The smallest absolute Gasteiger partial charge is 0.328 e. The second-order valence-corrected chi connectivity index (χ2v) is 4.22. The molecule has 2 heterocycles. The number of methoxy groups -OCH3 is 1. The van der Waals surface area contributed by atoms with Crippen LogP contribution in [0.1, 0.15) is 11.1 Å². The summed E-state index contributed by atoms with van der Waals surface area (Å²) >= 11 is 0. The van der Waals surface area contributed by atoms with Gasteiger partial charge in [0.25, 0.3) is 0 Å². The number of aromatic nitrogens is 1. The Balaban J connectivity index is 2.28. The molecular weight excluding hydrogens is 264 g/mol. The number of anilines is 1. The second-order valence-electron chi connectivity index (χ2n) is 4.22. The van der Waals surface area contributed by atoms with Crippen LogP contribution in [0.3, 0.4) is 0 Å². The van der Waals surface area contributed by atoms with E-state index >= 15 is 0 Å². The van der Waals surface area contributed by atoms with Crippen molar-refractivity contribution >= 4 is 29.7 Å². The molecule has 1 aromatic rings. The van der Waals surface area contributed by atoms with Crippen molar-refractivity contribution in [3.8, 4) is 0 Å². The molecule has 0 bridgehead atoms. The Hall–Kier alpha value is -2.70. The van der Waals surface area contributed by atoms with Crippen LogP contribution in [0.2, 0.25) is 0 Å². The van der Waals surface area contributed by atoms with E-state index in [-0.39, 0.29) is 6.42 Å². The lowest BCUT2D eigenvalue weighted by Crippen LogP contribution is -2.36. The van der Waals surface area contributed by atoms with Crippen LogP contribution >= 0.6 is 0 Å². The highest BCUT2D eigenvalue weighted by atomic mass is 16.5. The van der Waals surface area contributed by atoms with E-state index in [2.05, 4.69) is 15.0 Å². The summed E-state index contributed by atoms with van der Waals surface area (Å²) in [7, 11) is 1.22. The van der Waals surface area contributed by atoms with Gasteiger partial charge in [0, 0.05) is 12.3 Å². The van der Waals surface area contributed by atoms with Crippen molar-refractivity contribution < 1.29 is 24.2 Å². The molecule has 0 aliphatic carbocycles. The van der Waals surface area contributed by atoms with Crippen LogP contribution in [0.25, 0.3) is 6.08 Å². The Morgan fingerprint density at radius 1 is 1.55 bits per heavy atom. The average molecular weight is 276 g/mol. The number of amides is 1. The first-order chi connectivity index (χ1) is 9.51. The summed E-state index contributed by atoms with van der Waals surface area (Å²) in [6, 6.07) is 1.68. The summed E-state index contributed by atoms with van der Waals surface area (Å²) in [6.45, 7) is 0. The number of carboxylic acids is 1. The quantitative estimate of drug-likeness (QED) is 0.472. The fraction of sp³-hybridized carbons (Fsp3) is 0.231. The minimum Gasteiger partial charge on any atom is -0.478 e. The van der Waals surface area contributed by atoms with Crippen molar-refractivity contribution in [1.29, 1.82) is 0 Å². The van der Waals surface area contributed by atoms with Crippen molar-refractivity contribution in [3.05, 3.63) is 29.5 Å². The van der Waals surface area contributed by atoms with Gasteiger partial charge >= 0.3 is 11.9 Å². The molecule has 0 saturated carbocycles. The second kappa shape index (κ2) is 5.52. The van der Waals surface area contributed by atoms with Crippen molar-refractivity contribution in [2.24, 2.45) is 5.92 Å². The van der Waals surface area contributed by atoms with Crippen molar-refractivity contribution in [1.82, 2.24) is 4.98 Å². The standard InChI is InChI=1S/C13H12N2O5/c1-20-13(19)9-5-8-4-7(2-3-10(16)17)6-14-11(8)15-12(9)18/h2-4,6,9H,5H2,1H3,(H,16,17)(H,14,15,18). The third kappa shape index (κ3) is 2.82. The van der Waals surface area contributed by atoms with Crippen molar-refractivity contribution in [2.75, 3.05) is 12.4 Å². The first kappa shape index (κ1) is 13.7. The number of hydrogen-bond acceptors (Lipinski definition) is 5. The van der Waals surface area contributed by atoms with Gasteiger partial charge in [-0.2, -0.15) is 0 Å². The Labute approximate surface area is 114 Å². The molecule has 0 spiro atoms. The summed E-state index contributed by atoms with van der Waals surface area (Å²) in [4.78, 5) is 37.7. The highest BCUT2D eigenvalue weighted by Crippen LogP contribution is 2.25. The summed E-state index contributed by atoms with van der Waals surface area (Å²) < 4.78 is 4.57. The molecule has 1 aromatic heterocycles. The summed E-state index contributed by atoms with van der Waals surface area (Å²) in [6.07, 6.45) is 3.99. The maximum absolute atomic E-state index is 11.7. The molecule has 1 aliphatic heterocycles. The molecule has 2 rings (SSSR count). The first-order valence-electron chi connectivity index (χ1n) is 5.80. The molecule has 1 amide bonds. The molecule has 1 aliphatic rings. The van der Waals surface area contributed by atoms with Crippen LogP contribution in [-0.4, -0.2) is 35.0 Å². The van der Waals surface area contributed by atoms with Crippen LogP contribution < -0.4 is 5.32 Å². The zero-order valence-corrected chi connectivity index (χ0v) is 10.6. The molecule has 20 heavy (non-hydrogen) atoms. The van der Waals surface area contributed by atoms with Gasteiger partial charge in [-0.3, -0.25) is 9.59 Å². The Bertz CT molecular complexity index is 609. The van der Waals surface area contributed by atoms with E-state index in [1.54, 1.807) is 6.07 Å². The minimum atomic E-state index is -1.07. The van der Waals surface area contributed by atoms with E-state index in [4.69, 9.17) is 5.11 Å². The lowest BCUT2D eigenvalue weighted by atomic mass is 9.94. The van der Waals surface area contributed by atoms with Crippen LogP contribution in [-0.2, 0) is 25.5 Å². The van der Waals surface area contributed by atoms with Crippen LogP contribution in [0.5, 0.6) is 0 Å². The highest BCUT2D eigenvalue weighted by molar-refractivity contribution is 6.06. The number of carboxylic acid groups (broad SMARTS) is 1. The number of fused-ring (bicyclic) bond motifs is 1. The molecule has 104 valence electrons. The number of carbonyl (C=O) groups excluding carboxylic acids is 2. The van der Waals surface area contributed by atoms with E-state index < -0.39 is 23.8 Å². The van der Waals surface area contributed by atoms with Crippen LogP contribution in [0, 0.1) is 5.92 Å². The lowest BCUT2D eigenvalue weighted by molar-refractivity contribution is -0.148. The number of pyridine rings is 1. The van der Waals surface area contributed by atoms with Gasteiger partial charge in [0.1, 0.15) is 11.7 Å². The SMILES string of the molecule is COC(=O)C1Cc2cc(C=CC(=O)O)cnc2NC1=O. The summed E-state index contributed by atoms with van der Waals surface area (Å²) in [5.41, 5.74) is 1.23.